The van der Waals surface area contributed by atoms with Crippen molar-refractivity contribution in [3.8, 4) is 23.3 Å². The van der Waals surface area contributed by atoms with Gasteiger partial charge in [0.05, 0.1) is 12.7 Å². The Balaban J connectivity index is 1.75. The Hall–Kier alpha value is -2.99. The van der Waals surface area contributed by atoms with Crippen molar-refractivity contribution in [2.75, 3.05) is 13.7 Å². The zero-order chi connectivity index (χ0) is 15.2. The van der Waals surface area contributed by atoms with Gasteiger partial charge >= 0.3 is 0 Å². The summed E-state index contributed by atoms with van der Waals surface area (Å²) in [6, 6.07) is 17.4. The highest BCUT2D eigenvalue weighted by Crippen LogP contribution is 2.22. The van der Waals surface area contributed by atoms with Crippen LogP contribution in [-0.4, -0.2) is 18.7 Å². The molecule has 0 saturated heterocycles. The fraction of sp³-hybridized carbons (Fsp3) is 0.105. The average molecular weight is 289 g/mol. The predicted molar refractivity (Wildman–Crippen MR) is 87.1 cm³/mol. The van der Waals surface area contributed by atoms with Crippen molar-refractivity contribution >= 4 is 10.9 Å². The molecule has 3 rings (SSSR count). The monoisotopic (exact) mass is 289 g/mol. The van der Waals surface area contributed by atoms with E-state index in [1.807, 2.05) is 54.6 Å². The van der Waals surface area contributed by atoms with Gasteiger partial charge < -0.3 is 9.47 Å². The number of aromatic nitrogens is 1. The zero-order valence-electron chi connectivity index (χ0n) is 12.2. The van der Waals surface area contributed by atoms with Crippen LogP contribution in [0.1, 0.15) is 5.56 Å². The molecule has 1 aromatic heterocycles. The number of methoxy groups -OCH3 is 1. The number of benzene rings is 2. The standard InChI is InChI=1S/C19H15NO2/c1-21-17-11-3-2-7-15(17)10-6-14-22-18-12-4-8-16-9-5-13-20-19(16)18/h2-5,7-9,11-13H,14H2,1H3. The lowest BCUT2D eigenvalue weighted by molar-refractivity contribution is 0.374. The fourth-order valence-electron chi connectivity index (χ4n) is 2.19. The Kier molecular flexibility index (Phi) is 4.22. The Morgan fingerprint density at radius 2 is 1.77 bits per heavy atom. The summed E-state index contributed by atoms with van der Waals surface area (Å²) >= 11 is 0. The quantitative estimate of drug-likeness (QED) is 0.689. The van der Waals surface area contributed by atoms with Crippen LogP contribution in [0.3, 0.4) is 0 Å². The van der Waals surface area contributed by atoms with Gasteiger partial charge in [0.2, 0.25) is 0 Å². The van der Waals surface area contributed by atoms with Gasteiger partial charge in [-0.2, -0.15) is 0 Å². The third-order valence-electron chi connectivity index (χ3n) is 3.23. The minimum Gasteiger partial charge on any atom is -0.495 e. The molecule has 0 aliphatic carbocycles. The van der Waals surface area contributed by atoms with Crippen LogP contribution in [0.5, 0.6) is 11.5 Å². The molecule has 3 heteroatoms. The molecule has 0 aliphatic rings. The molecular formula is C19H15NO2. The van der Waals surface area contributed by atoms with Gasteiger partial charge in [0, 0.05) is 11.6 Å². The third-order valence-corrected chi connectivity index (χ3v) is 3.23. The number of rotatable bonds is 3. The van der Waals surface area contributed by atoms with Crippen molar-refractivity contribution in [1.29, 1.82) is 0 Å². The second-order valence-corrected chi connectivity index (χ2v) is 4.62. The predicted octanol–water partition coefficient (Wildman–Crippen LogP) is 3.67. The second-order valence-electron chi connectivity index (χ2n) is 4.62. The summed E-state index contributed by atoms with van der Waals surface area (Å²) in [5, 5.41) is 1.05. The highest BCUT2D eigenvalue weighted by atomic mass is 16.5. The van der Waals surface area contributed by atoms with E-state index in [9.17, 15) is 0 Å². The van der Waals surface area contributed by atoms with E-state index in [1.54, 1.807) is 13.3 Å². The minimum absolute atomic E-state index is 0.299. The summed E-state index contributed by atoms with van der Waals surface area (Å²) in [6.07, 6.45) is 1.76. The Morgan fingerprint density at radius 3 is 2.68 bits per heavy atom. The molecule has 0 unspecified atom stereocenters. The van der Waals surface area contributed by atoms with E-state index in [4.69, 9.17) is 9.47 Å². The molecular weight excluding hydrogens is 274 g/mol. The largest absolute Gasteiger partial charge is 0.495 e. The molecule has 0 aliphatic heterocycles. The average Bonchev–Trinajstić information content (AvgIpc) is 2.59. The molecule has 3 aromatic rings. The highest BCUT2D eigenvalue weighted by Gasteiger charge is 2.01. The van der Waals surface area contributed by atoms with Crippen molar-refractivity contribution in [1.82, 2.24) is 4.98 Å². The van der Waals surface area contributed by atoms with Crippen molar-refractivity contribution in [2.24, 2.45) is 0 Å². The number of para-hydroxylation sites is 2. The fourth-order valence-corrected chi connectivity index (χ4v) is 2.19. The first kappa shape index (κ1) is 14.0. The molecule has 108 valence electrons. The van der Waals surface area contributed by atoms with Crippen LogP contribution in [0.4, 0.5) is 0 Å². The highest BCUT2D eigenvalue weighted by molar-refractivity contribution is 5.84. The van der Waals surface area contributed by atoms with Gasteiger partial charge in [-0.1, -0.05) is 42.2 Å². The number of hydrogen-bond donors (Lipinski definition) is 0. The van der Waals surface area contributed by atoms with Gasteiger partial charge in [-0.25, -0.2) is 0 Å². The summed E-state index contributed by atoms with van der Waals surface area (Å²) in [7, 11) is 1.64. The van der Waals surface area contributed by atoms with E-state index < -0.39 is 0 Å². The van der Waals surface area contributed by atoms with Gasteiger partial charge in [-0.05, 0) is 24.3 Å². The maximum Gasteiger partial charge on any atom is 0.149 e. The smallest absolute Gasteiger partial charge is 0.149 e. The third kappa shape index (κ3) is 3.02. The van der Waals surface area contributed by atoms with Crippen molar-refractivity contribution in [3.05, 3.63) is 66.4 Å². The van der Waals surface area contributed by atoms with Crippen LogP contribution >= 0.6 is 0 Å². The number of pyridine rings is 1. The topological polar surface area (TPSA) is 31.4 Å². The molecule has 22 heavy (non-hydrogen) atoms. The lowest BCUT2D eigenvalue weighted by Gasteiger charge is -2.05. The SMILES string of the molecule is COc1ccccc1C#CCOc1cccc2cccnc12. The molecule has 0 N–H and O–H groups in total. The number of fused-ring (bicyclic) bond motifs is 1. The lowest BCUT2D eigenvalue weighted by Crippen LogP contribution is -1.96. The Morgan fingerprint density at radius 1 is 0.955 bits per heavy atom. The maximum absolute atomic E-state index is 5.74. The van der Waals surface area contributed by atoms with E-state index in [0.29, 0.717) is 6.61 Å². The van der Waals surface area contributed by atoms with Crippen LogP contribution in [0, 0.1) is 11.8 Å². The van der Waals surface area contributed by atoms with Crippen LogP contribution in [0.15, 0.2) is 60.8 Å². The Bertz CT molecular complexity index is 841. The summed E-state index contributed by atoms with van der Waals surface area (Å²) in [4.78, 5) is 4.35. The molecule has 0 radical (unpaired) electrons. The molecule has 1 heterocycles. The van der Waals surface area contributed by atoms with Gasteiger partial charge in [0.15, 0.2) is 0 Å². The summed E-state index contributed by atoms with van der Waals surface area (Å²) in [5.74, 6) is 7.58. The van der Waals surface area contributed by atoms with Gasteiger partial charge in [0.25, 0.3) is 0 Å². The number of ether oxygens (including phenoxy) is 2. The van der Waals surface area contributed by atoms with Crippen molar-refractivity contribution in [2.45, 2.75) is 0 Å². The summed E-state index contributed by atoms with van der Waals surface area (Å²) in [6.45, 7) is 0.299. The molecule has 3 nitrogen and oxygen atoms in total. The van der Waals surface area contributed by atoms with E-state index in [-0.39, 0.29) is 0 Å². The number of hydrogen-bond acceptors (Lipinski definition) is 3. The first-order valence-electron chi connectivity index (χ1n) is 6.97. The molecule has 2 aromatic carbocycles. The molecule has 0 atom stereocenters. The molecule has 0 fully saturated rings. The second kappa shape index (κ2) is 6.64. The summed E-state index contributed by atoms with van der Waals surface area (Å²) in [5.41, 5.74) is 1.70. The first-order valence-corrected chi connectivity index (χ1v) is 6.97. The van der Waals surface area contributed by atoms with Crippen molar-refractivity contribution < 1.29 is 9.47 Å². The van der Waals surface area contributed by atoms with Crippen molar-refractivity contribution in [3.63, 3.8) is 0 Å². The maximum atomic E-state index is 5.74. The normalized spacial score (nSPS) is 9.86. The Labute approximate surface area is 129 Å². The minimum atomic E-state index is 0.299. The molecule has 0 spiro atoms. The van der Waals surface area contributed by atoms with E-state index in [0.717, 1.165) is 28.0 Å². The van der Waals surface area contributed by atoms with Crippen LogP contribution in [0.2, 0.25) is 0 Å². The van der Waals surface area contributed by atoms with E-state index >= 15 is 0 Å². The van der Waals surface area contributed by atoms with Crippen LogP contribution in [0.25, 0.3) is 10.9 Å². The van der Waals surface area contributed by atoms with Gasteiger partial charge in [-0.15, -0.1) is 0 Å². The van der Waals surface area contributed by atoms with Gasteiger partial charge in [-0.3, -0.25) is 4.98 Å². The number of nitrogens with zero attached hydrogens (tertiary/aromatic N) is 1. The first-order chi connectivity index (χ1) is 10.9. The molecule has 0 bridgehead atoms. The van der Waals surface area contributed by atoms with Crippen LogP contribution < -0.4 is 9.47 Å². The summed E-state index contributed by atoms with van der Waals surface area (Å²) < 4.78 is 11.0. The molecule has 0 saturated carbocycles. The zero-order valence-corrected chi connectivity index (χ0v) is 12.2. The lowest BCUT2D eigenvalue weighted by atomic mass is 10.2. The van der Waals surface area contributed by atoms with E-state index in [2.05, 4.69) is 16.8 Å². The van der Waals surface area contributed by atoms with Crippen LogP contribution in [-0.2, 0) is 0 Å². The van der Waals surface area contributed by atoms with E-state index in [1.165, 1.54) is 0 Å². The molecule has 0 amide bonds. The van der Waals surface area contributed by atoms with Gasteiger partial charge in [0.1, 0.15) is 23.6 Å².